The molecule has 84 valence electrons. The molecule has 2 heterocycles. The molecule has 0 radical (unpaired) electrons. The van der Waals surface area contributed by atoms with Gasteiger partial charge in [0.25, 0.3) is 0 Å². The molecule has 0 aliphatic rings. The summed E-state index contributed by atoms with van der Waals surface area (Å²) in [6.07, 6.45) is 1.79. The summed E-state index contributed by atoms with van der Waals surface area (Å²) >= 11 is 0. The number of nitrogens with zero attached hydrogens (tertiary/aromatic N) is 3. The van der Waals surface area contributed by atoms with E-state index >= 15 is 0 Å². The van der Waals surface area contributed by atoms with Gasteiger partial charge in [0.05, 0.1) is 12.2 Å². The van der Waals surface area contributed by atoms with Gasteiger partial charge in [0.1, 0.15) is 5.82 Å². The Morgan fingerprint density at radius 2 is 2.19 bits per heavy atom. The first-order valence-electron chi connectivity index (χ1n) is 5.33. The highest BCUT2D eigenvalue weighted by atomic mass is 15.3. The molecule has 0 saturated carbocycles. The SMILES string of the molecule is CNc1ncccc1Cn1nc(C)cc1C. The first kappa shape index (κ1) is 10.7. The van der Waals surface area contributed by atoms with Crippen LogP contribution >= 0.6 is 0 Å². The molecule has 0 fully saturated rings. The molecule has 0 aliphatic carbocycles. The minimum Gasteiger partial charge on any atom is -0.373 e. The molecule has 2 rings (SSSR count). The number of nitrogens with one attached hydrogen (secondary N) is 1. The zero-order valence-corrected chi connectivity index (χ0v) is 9.86. The third-order valence-electron chi connectivity index (χ3n) is 2.55. The molecule has 0 spiro atoms. The van der Waals surface area contributed by atoms with Gasteiger partial charge < -0.3 is 5.32 Å². The topological polar surface area (TPSA) is 42.7 Å². The quantitative estimate of drug-likeness (QED) is 0.853. The molecule has 4 nitrogen and oxygen atoms in total. The van der Waals surface area contributed by atoms with E-state index in [2.05, 4.69) is 34.5 Å². The van der Waals surface area contributed by atoms with Crippen LogP contribution in [0.3, 0.4) is 0 Å². The van der Waals surface area contributed by atoms with Gasteiger partial charge in [-0.1, -0.05) is 6.07 Å². The van der Waals surface area contributed by atoms with Crippen molar-refractivity contribution in [2.24, 2.45) is 0 Å². The number of pyridine rings is 1. The van der Waals surface area contributed by atoms with E-state index in [1.807, 2.05) is 24.7 Å². The second-order valence-corrected chi connectivity index (χ2v) is 3.85. The number of aromatic nitrogens is 3. The van der Waals surface area contributed by atoms with Gasteiger partial charge in [-0.3, -0.25) is 4.68 Å². The highest BCUT2D eigenvalue weighted by molar-refractivity contribution is 5.43. The summed E-state index contributed by atoms with van der Waals surface area (Å²) in [4.78, 5) is 4.28. The summed E-state index contributed by atoms with van der Waals surface area (Å²) in [7, 11) is 1.88. The van der Waals surface area contributed by atoms with Crippen LogP contribution in [0, 0.1) is 13.8 Å². The number of anilines is 1. The van der Waals surface area contributed by atoms with Gasteiger partial charge in [-0.25, -0.2) is 4.98 Å². The molecule has 0 saturated heterocycles. The Kier molecular flexibility index (Phi) is 2.90. The first-order valence-corrected chi connectivity index (χ1v) is 5.33. The van der Waals surface area contributed by atoms with E-state index in [1.54, 1.807) is 6.20 Å². The number of aryl methyl sites for hydroxylation is 2. The molecule has 1 N–H and O–H groups in total. The van der Waals surface area contributed by atoms with Crippen LogP contribution in [0.2, 0.25) is 0 Å². The molecule has 0 amide bonds. The summed E-state index contributed by atoms with van der Waals surface area (Å²) in [6.45, 7) is 4.82. The highest BCUT2D eigenvalue weighted by Crippen LogP contribution is 2.13. The summed E-state index contributed by atoms with van der Waals surface area (Å²) in [6, 6.07) is 6.09. The molecule has 16 heavy (non-hydrogen) atoms. The Balaban J connectivity index is 2.30. The van der Waals surface area contributed by atoms with E-state index in [9.17, 15) is 0 Å². The lowest BCUT2D eigenvalue weighted by Crippen LogP contribution is -2.07. The molecule has 0 unspecified atom stereocenters. The fourth-order valence-electron chi connectivity index (χ4n) is 1.79. The van der Waals surface area contributed by atoms with Gasteiger partial charge in [-0.05, 0) is 26.0 Å². The number of rotatable bonds is 3. The van der Waals surface area contributed by atoms with Gasteiger partial charge >= 0.3 is 0 Å². The van der Waals surface area contributed by atoms with Crippen LogP contribution in [0.5, 0.6) is 0 Å². The number of hydrogen-bond acceptors (Lipinski definition) is 3. The van der Waals surface area contributed by atoms with Crippen LogP contribution in [0.25, 0.3) is 0 Å². The first-order chi connectivity index (χ1) is 7.70. The Bertz CT molecular complexity index is 488. The maximum atomic E-state index is 4.44. The van der Waals surface area contributed by atoms with Gasteiger partial charge in [0, 0.05) is 24.5 Å². The van der Waals surface area contributed by atoms with Crippen LogP contribution in [-0.2, 0) is 6.54 Å². The minimum absolute atomic E-state index is 0.754. The zero-order chi connectivity index (χ0) is 11.5. The van der Waals surface area contributed by atoms with Crippen LogP contribution in [0.1, 0.15) is 17.0 Å². The summed E-state index contributed by atoms with van der Waals surface area (Å²) < 4.78 is 1.99. The van der Waals surface area contributed by atoms with Crippen molar-refractivity contribution in [1.82, 2.24) is 14.8 Å². The van der Waals surface area contributed by atoms with Crippen LogP contribution < -0.4 is 5.32 Å². The Labute approximate surface area is 95.3 Å². The fourth-order valence-corrected chi connectivity index (χ4v) is 1.79. The molecule has 0 aromatic carbocycles. The molecule has 0 atom stereocenters. The van der Waals surface area contributed by atoms with Gasteiger partial charge in [0.2, 0.25) is 0 Å². The van der Waals surface area contributed by atoms with Crippen LogP contribution in [0.15, 0.2) is 24.4 Å². The third kappa shape index (κ3) is 2.05. The van der Waals surface area contributed by atoms with Crippen molar-refractivity contribution in [3.63, 3.8) is 0 Å². The Morgan fingerprint density at radius 1 is 1.38 bits per heavy atom. The van der Waals surface area contributed by atoms with E-state index in [-0.39, 0.29) is 0 Å². The molecular weight excluding hydrogens is 200 g/mol. The summed E-state index contributed by atoms with van der Waals surface area (Å²) in [5.74, 6) is 0.912. The van der Waals surface area contributed by atoms with E-state index in [0.29, 0.717) is 0 Å². The van der Waals surface area contributed by atoms with Gasteiger partial charge in [-0.2, -0.15) is 5.10 Å². The van der Waals surface area contributed by atoms with E-state index in [0.717, 1.165) is 23.6 Å². The third-order valence-corrected chi connectivity index (χ3v) is 2.55. The molecule has 2 aromatic rings. The second-order valence-electron chi connectivity index (χ2n) is 3.85. The monoisotopic (exact) mass is 216 g/mol. The second kappa shape index (κ2) is 4.35. The van der Waals surface area contributed by atoms with Crippen molar-refractivity contribution in [1.29, 1.82) is 0 Å². The zero-order valence-electron chi connectivity index (χ0n) is 9.86. The van der Waals surface area contributed by atoms with Gasteiger partial charge in [0.15, 0.2) is 0 Å². The average Bonchev–Trinajstić information content (AvgIpc) is 2.58. The van der Waals surface area contributed by atoms with Crippen LogP contribution in [-0.4, -0.2) is 21.8 Å². The minimum atomic E-state index is 0.754. The lowest BCUT2D eigenvalue weighted by atomic mass is 10.2. The normalized spacial score (nSPS) is 10.4. The van der Waals surface area contributed by atoms with E-state index in [4.69, 9.17) is 0 Å². The predicted octanol–water partition coefficient (Wildman–Crippen LogP) is 1.98. The largest absolute Gasteiger partial charge is 0.373 e. The summed E-state index contributed by atoms with van der Waals surface area (Å²) in [5, 5.41) is 7.53. The molecule has 0 bridgehead atoms. The van der Waals surface area contributed by atoms with Crippen LogP contribution in [0.4, 0.5) is 5.82 Å². The van der Waals surface area contributed by atoms with Crippen molar-refractivity contribution in [3.05, 3.63) is 41.3 Å². The van der Waals surface area contributed by atoms with Crippen molar-refractivity contribution < 1.29 is 0 Å². The average molecular weight is 216 g/mol. The molecule has 2 aromatic heterocycles. The van der Waals surface area contributed by atoms with Crippen molar-refractivity contribution in [2.45, 2.75) is 20.4 Å². The standard InChI is InChI=1S/C12H16N4/c1-9-7-10(2)16(15-9)8-11-5-4-6-14-12(11)13-3/h4-7H,8H2,1-3H3,(H,13,14). The van der Waals surface area contributed by atoms with E-state index in [1.165, 1.54) is 5.69 Å². The highest BCUT2D eigenvalue weighted by Gasteiger charge is 2.05. The summed E-state index contributed by atoms with van der Waals surface area (Å²) in [5.41, 5.74) is 3.37. The maximum Gasteiger partial charge on any atom is 0.130 e. The number of hydrogen-bond donors (Lipinski definition) is 1. The van der Waals surface area contributed by atoms with E-state index < -0.39 is 0 Å². The fraction of sp³-hybridized carbons (Fsp3) is 0.333. The maximum absolute atomic E-state index is 4.44. The predicted molar refractivity (Wildman–Crippen MR) is 64.6 cm³/mol. The van der Waals surface area contributed by atoms with Crippen molar-refractivity contribution in [3.8, 4) is 0 Å². The Morgan fingerprint density at radius 3 is 2.81 bits per heavy atom. The van der Waals surface area contributed by atoms with Crippen molar-refractivity contribution >= 4 is 5.82 Å². The lowest BCUT2D eigenvalue weighted by Gasteiger charge is -2.08. The smallest absolute Gasteiger partial charge is 0.130 e. The lowest BCUT2D eigenvalue weighted by molar-refractivity contribution is 0.658. The van der Waals surface area contributed by atoms with Crippen molar-refractivity contribution in [2.75, 3.05) is 12.4 Å². The van der Waals surface area contributed by atoms with Gasteiger partial charge in [-0.15, -0.1) is 0 Å². The molecule has 4 heteroatoms. The molecule has 0 aliphatic heterocycles. The molecular formula is C12H16N4. The Hall–Kier alpha value is -1.84.